The molecule has 1 amide bonds. The van der Waals surface area contributed by atoms with E-state index in [9.17, 15) is 17.6 Å². The van der Waals surface area contributed by atoms with Gasteiger partial charge in [0, 0.05) is 49.2 Å². The lowest BCUT2D eigenvalue weighted by atomic mass is 10.0. The first-order chi connectivity index (χ1) is 15.3. The lowest BCUT2D eigenvalue weighted by Crippen LogP contribution is -2.47. The van der Waals surface area contributed by atoms with Crippen LogP contribution in [0.3, 0.4) is 0 Å². The van der Waals surface area contributed by atoms with E-state index in [-0.39, 0.29) is 22.5 Å². The predicted octanol–water partition coefficient (Wildman–Crippen LogP) is 2.42. The Morgan fingerprint density at radius 2 is 1.81 bits per heavy atom. The lowest BCUT2D eigenvalue weighted by Gasteiger charge is -2.36. The van der Waals surface area contributed by atoms with Crippen molar-refractivity contribution < 1.29 is 17.6 Å². The predicted molar refractivity (Wildman–Crippen MR) is 122 cm³/mol. The molecule has 2 aromatic rings. The molecule has 4 rings (SSSR count). The summed E-state index contributed by atoms with van der Waals surface area (Å²) < 4.78 is 37.6. The van der Waals surface area contributed by atoms with Crippen LogP contribution in [0.2, 0.25) is 0 Å². The Balaban J connectivity index is 1.35. The van der Waals surface area contributed by atoms with E-state index in [0.717, 1.165) is 43.1 Å². The van der Waals surface area contributed by atoms with Crippen LogP contribution in [0.15, 0.2) is 40.4 Å². The monoisotopic (exact) mass is 479 g/mol. The molecule has 2 aliphatic heterocycles. The van der Waals surface area contributed by atoms with Gasteiger partial charge in [0.25, 0.3) is 0 Å². The maximum absolute atomic E-state index is 14.4. The zero-order valence-corrected chi connectivity index (χ0v) is 19.6. The third kappa shape index (κ3) is 4.83. The number of thioether (sulfide) groups is 1. The van der Waals surface area contributed by atoms with E-state index in [2.05, 4.69) is 20.2 Å². The molecular formula is C21H26FN5O3S2. The van der Waals surface area contributed by atoms with Crippen LogP contribution in [0.25, 0.3) is 0 Å². The van der Waals surface area contributed by atoms with Gasteiger partial charge in [-0.05, 0) is 43.7 Å². The molecule has 0 saturated carbocycles. The molecule has 0 spiro atoms. The van der Waals surface area contributed by atoms with Gasteiger partial charge in [-0.1, -0.05) is 0 Å². The molecule has 2 aliphatic rings. The number of nitrogens with one attached hydrogen (secondary N) is 1. The van der Waals surface area contributed by atoms with E-state index >= 15 is 0 Å². The molecule has 1 aromatic carbocycles. The Morgan fingerprint density at radius 1 is 1.12 bits per heavy atom. The van der Waals surface area contributed by atoms with E-state index in [1.807, 2.05) is 23.5 Å². The number of rotatable bonds is 6. The molecule has 1 atom stereocenters. The second-order valence-electron chi connectivity index (χ2n) is 8.07. The van der Waals surface area contributed by atoms with Crippen molar-refractivity contribution >= 4 is 39.1 Å². The molecule has 0 aliphatic carbocycles. The van der Waals surface area contributed by atoms with Crippen LogP contribution in [0.5, 0.6) is 0 Å². The number of hydrogen-bond donors (Lipinski definition) is 1. The molecule has 11 heteroatoms. The summed E-state index contributed by atoms with van der Waals surface area (Å²) in [5, 5.41) is 2.96. The van der Waals surface area contributed by atoms with Crippen LogP contribution in [-0.4, -0.2) is 73.4 Å². The molecule has 0 bridgehead atoms. The number of hydrogen-bond acceptors (Lipinski definition) is 8. The number of amides is 1. The average Bonchev–Trinajstić information content (AvgIpc) is 3.14. The number of carbonyl (C=O) groups excluding carboxylic acids is 1. The van der Waals surface area contributed by atoms with Crippen LogP contribution in [-0.2, 0) is 14.6 Å². The normalized spacial score (nSPS) is 20.1. The van der Waals surface area contributed by atoms with Crippen molar-refractivity contribution in [1.29, 1.82) is 0 Å². The van der Waals surface area contributed by atoms with Crippen LogP contribution in [0, 0.1) is 5.82 Å². The fraction of sp³-hybridized carbons (Fsp3) is 0.476. The van der Waals surface area contributed by atoms with Crippen LogP contribution < -0.4 is 10.2 Å². The molecule has 1 aromatic heterocycles. The van der Waals surface area contributed by atoms with Crippen LogP contribution in [0.1, 0.15) is 19.3 Å². The van der Waals surface area contributed by atoms with Crippen molar-refractivity contribution in [2.75, 3.05) is 42.4 Å². The maximum Gasteiger partial charge on any atom is 0.245 e. The molecular weight excluding hydrogens is 453 g/mol. The number of nitrogens with zero attached hydrogens (tertiary/aromatic N) is 4. The van der Waals surface area contributed by atoms with Crippen molar-refractivity contribution in [3.05, 3.63) is 36.4 Å². The number of piperidine rings is 1. The first-order valence-corrected chi connectivity index (χ1v) is 13.6. The van der Waals surface area contributed by atoms with Crippen molar-refractivity contribution in [2.45, 2.75) is 41.1 Å². The molecule has 172 valence electrons. The van der Waals surface area contributed by atoms with Gasteiger partial charge in [0.15, 0.2) is 9.84 Å². The number of likely N-dealkylation sites (tertiary alicyclic amines) is 1. The van der Waals surface area contributed by atoms with E-state index in [0.29, 0.717) is 18.9 Å². The second kappa shape index (κ2) is 9.22. The molecule has 1 unspecified atom stereocenters. The molecule has 2 saturated heterocycles. The van der Waals surface area contributed by atoms with Gasteiger partial charge < -0.3 is 15.1 Å². The largest absolute Gasteiger partial charge is 0.371 e. The number of aromatic nitrogens is 2. The summed E-state index contributed by atoms with van der Waals surface area (Å²) in [6.45, 7) is 2.16. The summed E-state index contributed by atoms with van der Waals surface area (Å²) in [4.78, 5) is 26.8. The Kier molecular flexibility index (Phi) is 6.57. The van der Waals surface area contributed by atoms with Crippen molar-refractivity contribution in [2.24, 2.45) is 0 Å². The zero-order chi connectivity index (χ0) is 22.9. The molecule has 32 heavy (non-hydrogen) atoms. The van der Waals surface area contributed by atoms with Gasteiger partial charge in [-0.25, -0.2) is 22.8 Å². The maximum atomic E-state index is 14.4. The molecule has 1 N–H and O–H groups in total. The van der Waals surface area contributed by atoms with E-state index in [1.165, 1.54) is 12.1 Å². The lowest BCUT2D eigenvalue weighted by molar-refractivity contribution is -0.130. The quantitative estimate of drug-likeness (QED) is 0.632. The first-order valence-electron chi connectivity index (χ1n) is 10.4. The van der Waals surface area contributed by atoms with Crippen molar-refractivity contribution in [3.8, 4) is 0 Å². The highest BCUT2D eigenvalue weighted by molar-refractivity contribution is 7.98. The third-order valence-electron chi connectivity index (χ3n) is 5.98. The summed E-state index contributed by atoms with van der Waals surface area (Å²) in [6.07, 6.45) is 8.88. The third-order valence-corrected chi connectivity index (χ3v) is 7.77. The number of carbonyl (C=O) groups is 1. The van der Waals surface area contributed by atoms with Crippen molar-refractivity contribution in [1.82, 2.24) is 14.9 Å². The standard InChI is InChI=1S/C21H26FN5O3S2/c1-31-15-12-23-21(24-13-15)26-8-5-14(6-9-26)27-10-7-19(20(27)28)25-18-4-3-16(11-17(18)22)32(2,29)30/h3-4,11-14,19,25H,5-10H2,1-2H3. The van der Waals surface area contributed by atoms with E-state index < -0.39 is 21.7 Å². The fourth-order valence-electron chi connectivity index (χ4n) is 4.19. The van der Waals surface area contributed by atoms with E-state index in [1.54, 1.807) is 11.8 Å². The topological polar surface area (TPSA) is 95.5 Å². The number of anilines is 2. The Hall–Kier alpha value is -2.40. The molecule has 0 radical (unpaired) electrons. The minimum atomic E-state index is -3.49. The number of halogens is 1. The van der Waals surface area contributed by atoms with Gasteiger partial charge in [0.2, 0.25) is 11.9 Å². The first kappa shape index (κ1) is 22.8. The summed E-state index contributed by atoms with van der Waals surface area (Å²) in [7, 11) is -3.49. The Bertz CT molecular complexity index is 1090. The summed E-state index contributed by atoms with van der Waals surface area (Å²) in [5.74, 6) is -0.0165. The number of sulfone groups is 1. The van der Waals surface area contributed by atoms with Gasteiger partial charge in [-0.2, -0.15) is 0 Å². The van der Waals surface area contributed by atoms with Crippen LogP contribution >= 0.6 is 11.8 Å². The van der Waals surface area contributed by atoms with Gasteiger partial charge in [0.05, 0.1) is 10.6 Å². The van der Waals surface area contributed by atoms with Gasteiger partial charge >= 0.3 is 0 Å². The van der Waals surface area contributed by atoms with Gasteiger partial charge in [-0.15, -0.1) is 11.8 Å². The van der Waals surface area contributed by atoms with Crippen LogP contribution in [0.4, 0.5) is 16.0 Å². The number of benzene rings is 1. The fourth-order valence-corrected chi connectivity index (χ4v) is 5.13. The highest BCUT2D eigenvalue weighted by Gasteiger charge is 2.37. The minimum Gasteiger partial charge on any atom is -0.371 e. The van der Waals surface area contributed by atoms with Gasteiger partial charge in [-0.3, -0.25) is 4.79 Å². The highest BCUT2D eigenvalue weighted by atomic mass is 32.2. The summed E-state index contributed by atoms with van der Waals surface area (Å²) in [6, 6.07) is 3.32. The second-order valence-corrected chi connectivity index (χ2v) is 11.0. The summed E-state index contributed by atoms with van der Waals surface area (Å²) >= 11 is 1.60. The minimum absolute atomic E-state index is 0.0457. The average molecular weight is 480 g/mol. The van der Waals surface area contributed by atoms with Gasteiger partial charge in [0.1, 0.15) is 11.9 Å². The molecule has 8 nitrogen and oxygen atoms in total. The highest BCUT2D eigenvalue weighted by Crippen LogP contribution is 2.27. The Morgan fingerprint density at radius 3 is 2.41 bits per heavy atom. The zero-order valence-electron chi connectivity index (χ0n) is 18.0. The van der Waals surface area contributed by atoms with Crippen molar-refractivity contribution in [3.63, 3.8) is 0 Å². The Labute approximate surface area is 191 Å². The van der Waals surface area contributed by atoms with E-state index in [4.69, 9.17) is 0 Å². The SMILES string of the molecule is CSc1cnc(N2CCC(N3CCC(Nc4ccc(S(C)(=O)=O)cc4F)C3=O)CC2)nc1. The molecule has 2 fully saturated rings. The smallest absolute Gasteiger partial charge is 0.245 e. The molecule has 3 heterocycles. The summed E-state index contributed by atoms with van der Waals surface area (Å²) in [5.41, 5.74) is 0.137.